The van der Waals surface area contributed by atoms with Gasteiger partial charge in [0.25, 0.3) is 5.56 Å². The molecular weight excluding hydrogens is 420 g/mol. The minimum Gasteiger partial charge on any atom is -0.379 e. The first-order valence-corrected chi connectivity index (χ1v) is 11.4. The molecule has 0 saturated heterocycles. The van der Waals surface area contributed by atoms with E-state index in [1.807, 2.05) is 32.0 Å². The normalized spacial score (nSPS) is 11.0. The van der Waals surface area contributed by atoms with Crippen LogP contribution in [0, 0.1) is 11.3 Å². The van der Waals surface area contributed by atoms with E-state index in [-0.39, 0.29) is 23.3 Å². The number of fused-ring (bicyclic) bond motifs is 1. The number of carbonyl (C=O) groups is 1. The van der Waals surface area contributed by atoms with Crippen LogP contribution in [-0.2, 0) is 16.1 Å². The van der Waals surface area contributed by atoms with Crippen molar-refractivity contribution < 1.29 is 9.53 Å². The van der Waals surface area contributed by atoms with E-state index < -0.39 is 0 Å². The average Bonchev–Trinajstić information content (AvgIpc) is 3.18. The molecule has 1 N–H and O–H groups in total. The number of benzene rings is 1. The summed E-state index contributed by atoms with van der Waals surface area (Å²) in [5.74, 6) is -0.174. The topological polar surface area (TPSA) is 97.0 Å². The number of ether oxygens (including phenoxy) is 1. The highest BCUT2D eigenvalue weighted by Gasteiger charge is 2.14. The maximum atomic E-state index is 13.0. The van der Waals surface area contributed by atoms with E-state index in [4.69, 9.17) is 10.00 Å². The van der Waals surface area contributed by atoms with Gasteiger partial charge in [0, 0.05) is 13.2 Å². The predicted molar refractivity (Wildman–Crippen MR) is 120 cm³/mol. The second-order valence-electron chi connectivity index (χ2n) is 6.75. The highest BCUT2D eigenvalue weighted by atomic mass is 32.2. The monoisotopic (exact) mass is 442 g/mol. The number of carbonyl (C=O) groups excluding carboxylic acids is 1. The summed E-state index contributed by atoms with van der Waals surface area (Å²) in [7, 11) is 0. The van der Waals surface area contributed by atoms with Gasteiger partial charge in [-0.3, -0.25) is 14.2 Å². The van der Waals surface area contributed by atoms with Gasteiger partial charge in [0.1, 0.15) is 11.1 Å². The SMILES string of the molecule is CC(C)OCCCn1c(SCC(=O)Nc2sccc2C#N)nc2ccccc2c1=O. The number of para-hydroxylation sites is 1. The summed E-state index contributed by atoms with van der Waals surface area (Å²) in [6.07, 6.45) is 0.794. The molecule has 0 unspecified atom stereocenters. The number of amides is 1. The Morgan fingerprint density at radius 1 is 1.37 bits per heavy atom. The Labute approximate surface area is 182 Å². The van der Waals surface area contributed by atoms with Gasteiger partial charge in [0.05, 0.1) is 28.3 Å². The lowest BCUT2D eigenvalue weighted by Crippen LogP contribution is -2.25. The Bertz CT molecular complexity index is 1130. The zero-order valence-corrected chi connectivity index (χ0v) is 18.4. The van der Waals surface area contributed by atoms with Crippen molar-refractivity contribution in [3.8, 4) is 6.07 Å². The van der Waals surface area contributed by atoms with E-state index in [2.05, 4.69) is 10.3 Å². The van der Waals surface area contributed by atoms with E-state index in [9.17, 15) is 9.59 Å². The van der Waals surface area contributed by atoms with Crippen molar-refractivity contribution >= 4 is 44.9 Å². The third kappa shape index (κ3) is 5.48. The predicted octanol–water partition coefficient (Wildman–Crippen LogP) is 3.88. The Balaban J connectivity index is 1.77. The zero-order chi connectivity index (χ0) is 21.5. The molecule has 1 aromatic carbocycles. The van der Waals surface area contributed by atoms with Gasteiger partial charge in [-0.1, -0.05) is 23.9 Å². The van der Waals surface area contributed by atoms with Crippen LogP contribution in [0.2, 0.25) is 0 Å². The van der Waals surface area contributed by atoms with Crippen LogP contribution in [0.15, 0.2) is 45.7 Å². The summed E-state index contributed by atoms with van der Waals surface area (Å²) in [6, 6.07) is 10.9. The van der Waals surface area contributed by atoms with Gasteiger partial charge in [-0.15, -0.1) is 11.3 Å². The molecule has 30 heavy (non-hydrogen) atoms. The third-order valence-electron chi connectivity index (χ3n) is 4.17. The summed E-state index contributed by atoms with van der Waals surface area (Å²) >= 11 is 2.50. The Morgan fingerprint density at radius 3 is 2.93 bits per heavy atom. The number of thiophene rings is 1. The van der Waals surface area contributed by atoms with Crippen molar-refractivity contribution in [3.05, 3.63) is 51.6 Å². The molecule has 3 aromatic rings. The molecule has 3 rings (SSSR count). The van der Waals surface area contributed by atoms with E-state index >= 15 is 0 Å². The van der Waals surface area contributed by atoms with Gasteiger partial charge in [0.2, 0.25) is 5.91 Å². The molecule has 7 nitrogen and oxygen atoms in total. The number of nitrogens with one attached hydrogen (secondary N) is 1. The number of anilines is 1. The zero-order valence-electron chi connectivity index (χ0n) is 16.8. The molecule has 2 aromatic heterocycles. The van der Waals surface area contributed by atoms with Gasteiger partial charge in [0.15, 0.2) is 5.16 Å². The lowest BCUT2D eigenvalue weighted by Gasteiger charge is -2.14. The van der Waals surface area contributed by atoms with Crippen molar-refractivity contribution in [2.45, 2.75) is 38.1 Å². The molecule has 0 aliphatic carbocycles. The van der Waals surface area contributed by atoms with Gasteiger partial charge < -0.3 is 10.1 Å². The van der Waals surface area contributed by atoms with Crippen molar-refractivity contribution in [2.75, 3.05) is 17.7 Å². The van der Waals surface area contributed by atoms with E-state index in [0.29, 0.717) is 46.2 Å². The number of nitrogens with zero attached hydrogens (tertiary/aromatic N) is 3. The second-order valence-corrected chi connectivity index (χ2v) is 8.61. The minimum absolute atomic E-state index is 0.0794. The fourth-order valence-electron chi connectivity index (χ4n) is 2.78. The smallest absolute Gasteiger partial charge is 0.262 e. The van der Waals surface area contributed by atoms with E-state index in [1.54, 1.807) is 28.1 Å². The summed E-state index contributed by atoms with van der Waals surface area (Å²) < 4.78 is 7.18. The maximum Gasteiger partial charge on any atom is 0.262 e. The summed E-state index contributed by atoms with van der Waals surface area (Å²) in [5, 5.41) is 15.1. The fraction of sp³-hybridized carbons (Fsp3) is 0.333. The molecule has 9 heteroatoms. The largest absolute Gasteiger partial charge is 0.379 e. The molecule has 0 saturated carbocycles. The van der Waals surface area contributed by atoms with Crippen LogP contribution in [-0.4, -0.2) is 33.9 Å². The molecular formula is C21H22N4O3S2. The Hall–Kier alpha value is -2.67. The number of thioether (sulfide) groups is 1. The number of aromatic nitrogens is 2. The van der Waals surface area contributed by atoms with E-state index in [0.717, 1.165) is 0 Å². The lowest BCUT2D eigenvalue weighted by molar-refractivity contribution is -0.113. The van der Waals surface area contributed by atoms with E-state index in [1.165, 1.54) is 23.1 Å². The number of nitriles is 1. The molecule has 0 spiro atoms. The molecule has 2 heterocycles. The van der Waals surface area contributed by atoms with Crippen molar-refractivity contribution in [3.63, 3.8) is 0 Å². The first kappa shape index (κ1) is 22.0. The van der Waals surface area contributed by atoms with Gasteiger partial charge in [-0.05, 0) is 43.8 Å². The van der Waals surface area contributed by atoms with Crippen molar-refractivity contribution in [2.24, 2.45) is 0 Å². The highest BCUT2D eigenvalue weighted by Crippen LogP contribution is 2.23. The van der Waals surface area contributed by atoms with Crippen LogP contribution >= 0.6 is 23.1 Å². The van der Waals surface area contributed by atoms with Gasteiger partial charge in [-0.25, -0.2) is 4.98 Å². The molecule has 1 amide bonds. The van der Waals surface area contributed by atoms with Crippen LogP contribution in [0.1, 0.15) is 25.8 Å². The Morgan fingerprint density at radius 2 is 2.17 bits per heavy atom. The number of hydrogen-bond acceptors (Lipinski definition) is 7. The van der Waals surface area contributed by atoms with Crippen LogP contribution in [0.3, 0.4) is 0 Å². The summed E-state index contributed by atoms with van der Waals surface area (Å²) in [5.41, 5.74) is 0.910. The number of rotatable bonds is 9. The summed E-state index contributed by atoms with van der Waals surface area (Å²) in [4.78, 5) is 30.0. The lowest BCUT2D eigenvalue weighted by atomic mass is 10.2. The van der Waals surface area contributed by atoms with Crippen molar-refractivity contribution in [1.82, 2.24) is 9.55 Å². The number of hydrogen-bond donors (Lipinski definition) is 1. The first-order chi connectivity index (χ1) is 14.5. The summed E-state index contributed by atoms with van der Waals surface area (Å²) in [6.45, 7) is 4.93. The van der Waals surface area contributed by atoms with Crippen LogP contribution in [0.4, 0.5) is 5.00 Å². The van der Waals surface area contributed by atoms with Crippen LogP contribution < -0.4 is 10.9 Å². The standard InChI is InChI=1S/C21H22N4O3S2/c1-14(2)28-10-5-9-25-20(27)16-6-3-4-7-17(16)23-21(25)30-13-18(26)24-19-15(12-22)8-11-29-19/h3-4,6-8,11,14H,5,9-10,13H2,1-2H3,(H,24,26). The van der Waals surface area contributed by atoms with Gasteiger partial charge >= 0.3 is 0 Å². The minimum atomic E-state index is -0.254. The van der Waals surface area contributed by atoms with Gasteiger partial charge in [-0.2, -0.15) is 5.26 Å². The highest BCUT2D eigenvalue weighted by molar-refractivity contribution is 7.99. The molecule has 0 aliphatic heterocycles. The van der Waals surface area contributed by atoms with Crippen molar-refractivity contribution in [1.29, 1.82) is 5.26 Å². The molecule has 0 bridgehead atoms. The first-order valence-electron chi connectivity index (χ1n) is 9.51. The second kappa shape index (κ2) is 10.4. The third-order valence-corrected chi connectivity index (χ3v) is 5.98. The molecule has 0 atom stereocenters. The van der Waals surface area contributed by atoms with Crippen LogP contribution in [0.5, 0.6) is 0 Å². The molecule has 0 radical (unpaired) electrons. The quantitative estimate of drug-likeness (QED) is 0.307. The maximum absolute atomic E-state index is 13.0. The molecule has 156 valence electrons. The average molecular weight is 443 g/mol. The molecule has 0 fully saturated rings. The fourth-order valence-corrected chi connectivity index (χ4v) is 4.36. The molecule has 0 aliphatic rings. The van der Waals surface area contributed by atoms with Crippen LogP contribution in [0.25, 0.3) is 10.9 Å². The Kier molecular flexibility index (Phi) is 7.63.